The van der Waals surface area contributed by atoms with Gasteiger partial charge in [0.05, 0.1) is 0 Å². The van der Waals surface area contributed by atoms with Crippen molar-refractivity contribution in [3.05, 3.63) is 0 Å². The van der Waals surface area contributed by atoms with Crippen molar-refractivity contribution in [2.75, 3.05) is 31.3 Å². The van der Waals surface area contributed by atoms with Crippen molar-refractivity contribution < 1.29 is 0 Å². The highest BCUT2D eigenvalue weighted by Gasteiger charge is 2.23. The zero-order valence-electron chi connectivity index (χ0n) is 13.5. The number of aromatic nitrogens is 2. The predicted octanol–water partition coefficient (Wildman–Crippen LogP) is 3.64. The maximum atomic E-state index is 4.30. The summed E-state index contributed by atoms with van der Waals surface area (Å²) in [6.07, 6.45) is 8.22. The van der Waals surface area contributed by atoms with E-state index in [1.54, 1.807) is 11.3 Å². The Hall–Kier alpha value is -0.330. The van der Waals surface area contributed by atoms with Gasteiger partial charge in [0.25, 0.3) is 0 Å². The second-order valence-corrected chi connectivity index (χ2v) is 8.24. The normalized spacial score (nSPS) is 17.9. The molecule has 1 atom stereocenters. The first-order chi connectivity index (χ1) is 10.2. The fourth-order valence-corrected chi connectivity index (χ4v) is 4.81. The van der Waals surface area contributed by atoms with Crippen molar-refractivity contribution in [3.63, 3.8) is 0 Å². The number of nitrogens with one attached hydrogen (secondary N) is 1. The molecule has 1 N–H and O–H groups in total. The Labute approximate surface area is 137 Å². The van der Waals surface area contributed by atoms with Crippen LogP contribution >= 0.6 is 23.1 Å². The zero-order chi connectivity index (χ0) is 15.1. The van der Waals surface area contributed by atoms with E-state index < -0.39 is 0 Å². The zero-order valence-corrected chi connectivity index (χ0v) is 15.1. The lowest BCUT2D eigenvalue weighted by molar-refractivity contribution is 0.285. The number of nitrogens with zero attached hydrogens (tertiary/aromatic N) is 3. The lowest BCUT2D eigenvalue weighted by Crippen LogP contribution is -2.39. The summed E-state index contributed by atoms with van der Waals surface area (Å²) in [6.45, 7) is 3.37. The van der Waals surface area contributed by atoms with Crippen LogP contribution in [0.2, 0.25) is 0 Å². The second-order valence-electron chi connectivity index (χ2n) is 6.01. The number of thioether (sulfide) groups is 1. The average Bonchev–Trinajstić information content (AvgIpc) is 2.97. The summed E-state index contributed by atoms with van der Waals surface area (Å²) >= 11 is 3.56. The summed E-state index contributed by atoms with van der Waals surface area (Å²) < 4.78 is 1.10. The van der Waals surface area contributed by atoms with Crippen molar-refractivity contribution in [2.45, 2.75) is 55.8 Å². The molecule has 2 rings (SSSR count). The Morgan fingerprint density at radius 1 is 1.29 bits per heavy atom. The molecule has 1 aliphatic carbocycles. The van der Waals surface area contributed by atoms with Gasteiger partial charge in [-0.05, 0) is 31.7 Å². The highest BCUT2D eigenvalue weighted by molar-refractivity contribution is 8.01. The number of hydrogen-bond acceptors (Lipinski definition) is 6. The molecule has 0 aromatic carbocycles. The molecule has 0 amide bonds. The number of anilines is 1. The molecular formula is C15H28N4S2. The van der Waals surface area contributed by atoms with Gasteiger partial charge >= 0.3 is 0 Å². The van der Waals surface area contributed by atoms with E-state index in [2.05, 4.69) is 22.4 Å². The Morgan fingerprint density at radius 3 is 2.67 bits per heavy atom. The largest absolute Gasteiger partial charge is 0.353 e. The molecule has 120 valence electrons. The van der Waals surface area contributed by atoms with Gasteiger partial charge < -0.3 is 10.2 Å². The molecule has 1 saturated carbocycles. The smallest absolute Gasteiger partial charge is 0.208 e. The van der Waals surface area contributed by atoms with Crippen LogP contribution in [0.1, 0.15) is 45.4 Å². The van der Waals surface area contributed by atoms with Crippen LogP contribution in [0, 0.1) is 5.92 Å². The predicted molar refractivity (Wildman–Crippen MR) is 93.6 cm³/mol. The first-order valence-electron chi connectivity index (χ1n) is 8.07. The van der Waals surface area contributed by atoms with Crippen molar-refractivity contribution >= 4 is 28.2 Å². The van der Waals surface area contributed by atoms with Crippen LogP contribution in [0.25, 0.3) is 0 Å². The minimum Gasteiger partial charge on any atom is -0.353 e. The molecule has 0 aliphatic heterocycles. The minimum absolute atomic E-state index is 0.627. The van der Waals surface area contributed by atoms with Gasteiger partial charge in [-0.25, -0.2) is 0 Å². The van der Waals surface area contributed by atoms with Crippen molar-refractivity contribution in [1.82, 2.24) is 15.5 Å². The standard InChI is InChI=1S/C15H28N4S2/c1-4-10-16-13(12-8-6-5-7-9-12)11-20-15-18-17-14(21-15)19(2)3/h12-13,16H,4-11H2,1-3H3. The van der Waals surface area contributed by atoms with E-state index in [-0.39, 0.29) is 0 Å². The molecule has 1 fully saturated rings. The van der Waals surface area contributed by atoms with Crippen LogP contribution < -0.4 is 10.2 Å². The summed E-state index contributed by atoms with van der Waals surface area (Å²) in [5, 5.41) is 13.3. The molecule has 1 aromatic heterocycles. The van der Waals surface area contributed by atoms with E-state index in [1.807, 2.05) is 30.8 Å². The van der Waals surface area contributed by atoms with E-state index >= 15 is 0 Å². The van der Waals surface area contributed by atoms with Crippen LogP contribution in [-0.4, -0.2) is 42.6 Å². The molecule has 1 heterocycles. The Bertz CT molecular complexity index is 402. The number of rotatable bonds is 8. The average molecular weight is 329 g/mol. The van der Waals surface area contributed by atoms with Crippen LogP contribution in [-0.2, 0) is 0 Å². The quantitative estimate of drug-likeness (QED) is 0.738. The van der Waals surface area contributed by atoms with Crippen molar-refractivity contribution in [3.8, 4) is 0 Å². The Morgan fingerprint density at radius 2 is 2.05 bits per heavy atom. The highest BCUT2D eigenvalue weighted by Crippen LogP contribution is 2.32. The topological polar surface area (TPSA) is 41.1 Å². The van der Waals surface area contributed by atoms with E-state index in [0.29, 0.717) is 6.04 Å². The summed E-state index contributed by atoms with van der Waals surface area (Å²) in [4.78, 5) is 2.02. The van der Waals surface area contributed by atoms with E-state index in [1.165, 1.54) is 38.5 Å². The molecule has 1 aliphatic rings. The molecule has 1 aromatic rings. The molecule has 0 saturated heterocycles. The molecular weight excluding hydrogens is 300 g/mol. The second kappa shape index (κ2) is 8.96. The highest BCUT2D eigenvalue weighted by atomic mass is 32.2. The molecule has 4 nitrogen and oxygen atoms in total. The van der Waals surface area contributed by atoms with Gasteiger partial charge in [0.15, 0.2) is 4.34 Å². The van der Waals surface area contributed by atoms with Gasteiger partial charge in [0.2, 0.25) is 5.13 Å². The van der Waals surface area contributed by atoms with Crippen molar-refractivity contribution in [1.29, 1.82) is 0 Å². The molecule has 0 spiro atoms. The third kappa shape index (κ3) is 5.42. The first-order valence-corrected chi connectivity index (χ1v) is 9.88. The first kappa shape index (κ1) is 17.0. The lowest BCUT2D eigenvalue weighted by Gasteiger charge is -2.30. The van der Waals surface area contributed by atoms with E-state index in [4.69, 9.17) is 0 Å². The fourth-order valence-electron chi connectivity index (χ4n) is 2.83. The summed E-state index contributed by atoms with van der Waals surface area (Å²) in [5.74, 6) is 1.96. The van der Waals surface area contributed by atoms with Crippen LogP contribution in [0.3, 0.4) is 0 Å². The third-order valence-electron chi connectivity index (χ3n) is 4.04. The van der Waals surface area contributed by atoms with Gasteiger partial charge in [0.1, 0.15) is 0 Å². The molecule has 6 heteroatoms. The van der Waals surface area contributed by atoms with Gasteiger partial charge in [0, 0.05) is 25.9 Å². The lowest BCUT2D eigenvalue weighted by atomic mass is 9.84. The molecule has 21 heavy (non-hydrogen) atoms. The Kier molecular flexibility index (Phi) is 7.26. The minimum atomic E-state index is 0.627. The van der Waals surface area contributed by atoms with Gasteiger partial charge in [-0.1, -0.05) is 49.3 Å². The molecule has 0 radical (unpaired) electrons. The van der Waals surface area contributed by atoms with Gasteiger partial charge in [-0.3, -0.25) is 0 Å². The van der Waals surface area contributed by atoms with Crippen LogP contribution in [0.5, 0.6) is 0 Å². The molecule has 0 bridgehead atoms. The SMILES string of the molecule is CCCNC(CSc1nnc(N(C)C)s1)C1CCCCC1. The maximum absolute atomic E-state index is 4.30. The number of hydrogen-bond donors (Lipinski definition) is 1. The monoisotopic (exact) mass is 328 g/mol. The summed E-state index contributed by atoms with van der Waals surface area (Å²) in [6, 6.07) is 0.627. The molecule has 1 unspecified atom stereocenters. The third-order valence-corrected chi connectivity index (χ3v) is 6.38. The van der Waals surface area contributed by atoms with E-state index in [9.17, 15) is 0 Å². The Balaban J connectivity index is 1.87. The van der Waals surface area contributed by atoms with E-state index in [0.717, 1.165) is 27.7 Å². The van der Waals surface area contributed by atoms with Crippen LogP contribution in [0.4, 0.5) is 5.13 Å². The maximum Gasteiger partial charge on any atom is 0.208 e. The van der Waals surface area contributed by atoms with Crippen LogP contribution in [0.15, 0.2) is 4.34 Å². The fraction of sp³-hybridized carbons (Fsp3) is 0.867. The summed E-state index contributed by atoms with van der Waals surface area (Å²) in [7, 11) is 4.03. The summed E-state index contributed by atoms with van der Waals surface area (Å²) in [5.41, 5.74) is 0. The van der Waals surface area contributed by atoms with Gasteiger partial charge in [-0.2, -0.15) is 0 Å². The van der Waals surface area contributed by atoms with Crippen molar-refractivity contribution in [2.24, 2.45) is 5.92 Å². The van der Waals surface area contributed by atoms with Gasteiger partial charge in [-0.15, -0.1) is 10.2 Å².